The first-order valence-corrected chi connectivity index (χ1v) is 12.5. The molecule has 11 heteroatoms. The molecule has 3 atom stereocenters. The van der Waals surface area contributed by atoms with Crippen molar-refractivity contribution in [3.8, 4) is 5.75 Å². The fraction of sp³-hybridized carbons (Fsp3) is 0.458. The Labute approximate surface area is 204 Å². The van der Waals surface area contributed by atoms with Gasteiger partial charge in [0.05, 0.1) is 23.6 Å². The molecule has 35 heavy (non-hydrogen) atoms. The van der Waals surface area contributed by atoms with Gasteiger partial charge in [-0.05, 0) is 19.1 Å². The largest absolute Gasteiger partial charge is 0.491 e. The number of nitrogens with two attached hydrogens (primary N) is 1. The van der Waals surface area contributed by atoms with Crippen LogP contribution in [0, 0.1) is 18.8 Å². The van der Waals surface area contributed by atoms with Gasteiger partial charge in [-0.2, -0.15) is 0 Å². The number of ether oxygens (including phenoxy) is 1. The number of amides is 1. The molecule has 3 aliphatic heterocycles. The lowest BCUT2D eigenvalue weighted by Crippen LogP contribution is -2.63. The average Bonchev–Trinajstić information content (AvgIpc) is 3.13. The summed E-state index contributed by atoms with van der Waals surface area (Å²) in [5, 5.41) is 6.91. The summed E-state index contributed by atoms with van der Waals surface area (Å²) in [6.07, 6.45) is 2.29. The molecule has 8 nitrogen and oxygen atoms in total. The molecular formula is C24H26F2N6O2S. The van der Waals surface area contributed by atoms with Gasteiger partial charge in [0.1, 0.15) is 27.9 Å². The number of halogens is 2. The summed E-state index contributed by atoms with van der Waals surface area (Å²) < 4.78 is 34.9. The first-order valence-electron chi connectivity index (χ1n) is 11.7. The second kappa shape index (κ2) is 8.27. The summed E-state index contributed by atoms with van der Waals surface area (Å²) in [6.45, 7) is 3.33. The van der Waals surface area contributed by atoms with Crippen molar-refractivity contribution in [3.05, 3.63) is 40.5 Å². The number of thiophene rings is 1. The molecule has 2 saturated heterocycles. The number of alkyl halides is 2. The van der Waals surface area contributed by atoms with E-state index in [-0.39, 0.29) is 25.0 Å². The number of hydrogen-bond acceptors (Lipinski definition) is 8. The summed E-state index contributed by atoms with van der Waals surface area (Å²) in [6, 6.07) is 5.36. The zero-order chi connectivity index (χ0) is 24.3. The van der Waals surface area contributed by atoms with Gasteiger partial charge in [0.25, 0.3) is 11.8 Å². The van der Waals surface area contributed by atoms with E-state index in [1.165, 1.54) is 11.3 Å². The Kier molecular flexibility index (Phi) is 5.29. The first-order chi connectivity index (χ1) is 16.8. The number of carbonyl (C=O) groups excluding carboxylic acids is 1. The van der Waals surface area contributed by atoms with Crippen LogP contribution in [0.25, 0.3) is 10.2 Å². The molecular weight excluding hydrogens is 474 g/mol. The molecule has 0 aromatic carbocycles. The van der Waals surface area contributed by atoms with Crippen molar-refractivity contribution in [1.82, 2.24) is 20.6 Å². The third-order valence-electron chi connectivity index (χ3n) is 7.19. The van der Waals surface area contributed by atoms with E-state index in [1.807, 2.05) is 30.0 Å². The van der Waals surface area contributed by atoms with Gasteiger partial charge in [0.2, 0.25) is 0 Å². The monoisotopic (exact) mass is 500 g/mol. The number of pyridine rings is 2. The number of piperidine rings is 2. The average molecular weight is 501 g/mol. The Hall–Kier alpha value is -3.05. The molecule has 1 amide bonds. The SMILES string of the molecule is Cc1ccc2c(N)c(C(=O)NC3COc4cc(N5CC6CNCC(C5)C6(F)F)ncc4C3)sc2n1. The van der Waals surface area contributed by atoms with Crippen LogP contribution in [0.5, 0.6) is 5.75 Å². The fourth-order valence-corrected chi connectivity index (χ4v) is 6.28. The van der Waals surface area contributed by atoms with Crippen LogP contribution in [0.1, 0.15) is 20.9 Å². The van der Waals surface area contributed by atoms with Crippen molar-refractivity contribution < 1.29 is 18.3 Å². The van der Waals surface area contributed by atoms with Crippen molar-refractivity contribution in [2.24, 2.45) is 11.8 Å². The lowest BCUT2D eigenvalue weighted by molar-refractivity contribution is -0.130. The third kappa shape index (κ3) is 3.86. The second-order valence-electron chi connectivity index (χ2n) is 9.62. The van der Waals surface area contributed by atoms with Gasteiger partial charge in [-0.25, -0.2) is 18.7 Å². The number of fused-ring (bicyclic) bond motifs is 4. The summed E-state index contributed by atoms with van der Waals surface area (Å²) >= 11 is 1.28. The maximum atomic E-state index is 14.5. The maximum Gasteiger partial charge on any atom is 0.263 e. The van der Waals surface area contributed by atoms with Gasteiger partial charge < -0.3 is 26.0 Å². The predicted molar refractivity (Wildman–Crippen MR) is 130 cm³/mol. The number of nitrogens with zero attached hydrogens (tertiary/aromatic N) is 3. The van der Waals surface area contributed by atoms with Crippen LogP contribution in [0.4, 0.5) is 20.3 Å². The maximum absolute atomic E-state index is 14.5. The molecule has 4 N–H and O–H groups in total. The van der Waals surface area contributed by atoms with Crippen LogP contribution >= 0.6 is 11.3 Å². The van der Waals surface area contributed by atoms with Crippen LogP contribution in [-0.4, -0.2) is 60.6 Å². The minimum absolute atomic E-state index is 0.235. The minimum atomic E-state index is -2.65. The Balaban J connectivity index is 1.15. The van der Waals surface area contributed by atoms with Gasteiger partial charge in [-0.15, -0.1) is 11.3 Å². The van der Waals surface area contributed by atoms with E-state index < -0.39 is 17.8 Å². The molecule has 2 bridgehead atoms. The molecule has 2 fully saturated rings. The van der Waals surface area contributed by atoms with Gasteiger partial charge in [-0.3, -0.25) is 4.79 Å². The first kappa shape index (κ1) is 22.4. The zero-order valence-electron chi connectivity index (χ0n) is 19.2. The van der Waals surface area contributed by atoms with E-state index in [0.717, 1.165) is 21.5 Å². The van der Waals surface area contributed by atoms with Gasteiger partial charge in [0, 0.05) is 61.5 Å². The molecule has 0 aliphatic carbocycles. The van der Waals surface area contributed by atoms with Crippen molar-refractivity contribution >= 4 is 39.0 Å². The molecule has 6 heterocycles. The van der Waals surface area contributed by atoms with Crippen molar-refractivity contribution in [3.63, 3.8) is 0 Å². The van der Waals surface area contributed by atoms with E-state index in [9.17, 15) is 13.6 Å². The van der Waals surface area contributed by atoms with Crippen LogP contribution in [0.3, 0.4) is 0 Å². The number of nitrogen functional groups attached to an aromatic ring is 1. The van der Waals surface area contributed by atoms with E-state index in [0.29, 0.717) is 48.2 Å². The van der Waals surface area contributed by atoms with Gasteiger partial charge >= 0.3 is 0 Å². The molecule has 3 unspecified atom stereocenters. The summed E-state index contributed by atoms with van der Waals surface area (Å²) in [5.74, 6) is -3.02. The van der Waals surface area contributed by atoms with Crippen molar-refractivity contribution in [2.45, 2.75) is 25.3 Å². The number of rotatable bonds is 3. The Morgan fingerprint density at radius 1 is 1.31 bits per heavy atom. The van der Waals surface area contributed by atoms with Crippen LogP contribution < -0.4 is 26.0 Å². The van der Waals surface area contributed by atoms with Crippen LogP contribution in [0.15, 0.2) is 24.4 Å². The van der Waals surface area contributed by atoms with E-state index >= 15 is 0 Å². The number of anilines is 2. The number of nitrogens with one attached hydrogen (secondary N) is 2. The Morgan fingerprint density at radius 3 is 2.86 bits per heavy atom. The Bertz CT molecular complexity index is 1300. The fourth-order valence-electron chi connectivity index (χ4n) is 5.24. The molecule has 3 aromatic heterocycles. The molecule has 6 rings (SSSR count). The molecule has 0 saturated carbocycles. The van der Waals surface area contributed by atoms with Gasteiger partial charge in [-0.1, -0.05) is 0 Å². The molecule has 184 valence electrons. The molecule has 3 aliphatic rings. The Morgan fingerprint density at radius 2 is 2.09 bits per heavy atom. The zero-order valence-corrected chi connectivity index (χ0v) is 20.0. The van der Waals surface area contributed by atoms with Gasteiger partial charge in [0.15, 0.2) is 0 Å². The van der Waals surface area contributed by atoms with Crippen LogP contribution in [0.2, 0.25) is 0 Å². The quantitative estimate of drug-likeness (QED) is 0.508. The smallest absolute Gasteiger partial charge is 0.263 e. The molecule has 3 aromatic rings. The summed E-state index contributed by atoms with van der Waals surface area (Å²) in [4.78, 5) is 25.1. The number of aromatic nitrogens is 2. The minimum Gasteiger partial charge on any atom is -0.491 e. The number of hydrogen-bond donors (Lipinski definition) is 3. The lowest BCUT2D eigenvalue weighted by Gasteiger charge is -2.47. The highest BCUT2D eigenvalue weighted by Crippen LogP contribution is 2.41. The predicted octanol–water partition coefficient (Wildman–Crippen LogP) is 2.61. The highest BCUT2D eigenvalue weighted by atomic mass is 32.1. The highest BCUT2D eigenvalue weighted by Gasteiger charge is 2.53. The van der Waals surface area contributed by atoms with E-state index in [1.54, 1.807) is 6.20 Å². The lowest BCUT2D eigenvalue weighted by atomic mass is 9.81. The summed E-state index contributed by atoms with van der Waals surface area (Å²) in [7, 11) is 0. The molecule has 0 radical (unpaired) electrons. The van der Waals surface area contributed by atoms with Crippen molar-refractivity contribution in [2.75, 3.05) is 43.4 Å². The normalized spacial score (nSPS) is 25.1. The van der Waals surface area contributed by atoms with E-state index in [2.05, 4.69) is 20.6 Å². The number of aryl methyl sites for hydroxylation is 1. The summed E-state index contributed by atoms with van der Waals surface area (Å²) in [5.41, 5.74) is 8.40. The molecule has 0 spiro atoms. The highest BCUT2D eigenvalue weighted by molar-refractivity contribution is 7.21. The van der Waals surface area contributed by atoms with E-state index in [4.69, 9.17) is 10.5 Å². The third-order valence-corrected chi connectivity index (χ3v) is 8.30. The topological polar surface area (TPSA) is 105 Å². The van der Waals surface area contributed by atoms with Crippen molar-refractivity contribution in [1.29, 1.82) is 0 Å². The number of carbonyl (C=O) groups is 1. The second-order valence-corrected chi connectivity index (χ2v) is 10.6. The standard InChI is InChI=1S/C24H26F2N6O2S/c1-12-2-3-17-20(27)21(35-23(17)30-12)22(33)31-16-4-13-6-29-19(5-18(13)34-11-16)32-9-14-7-28-8-15(10-32)24(14,25)26/h2-3,5-6,14-16,28H,4,7-11,27H2,1H3,(H,31,33). The van der Waals surface area contributed by atoms with Crippen LogP contribution in [-0.2, 0) is 6.42 Å².